The van der Waals surface area contributed by atoms with E-state index in [0.717, 1.165) is 22.6 Å². The van der Waals surface area contributed by atoms with Crippen molar-refractivity contribution in [2.24, 2.45) is 5.92 Å². The fraction of sp³-hybridized carbons (Fsp3) is 0.538. The Morgan fingerprint density at radius 3 is 2.81 bits per heavy atom. The summed E-state index contributed by atoms with van der Waals surface area (Å²) in [6.07, 6.45) is 2.78. The first-order valence-corrected chi connectivity index (χ1v) is 6.62. The molecule has 3 heteroatoms. The number of rotatable bonds is 4. The number of hydrogen-bond acceptors (Lipinski definition) is 2. The highest BCUT2D eigenvalue weighted by Gasteiger charge is 2.30. The van der Waals surface area contributed by atoms with E-state index in [0.29, 0.717) is 6.04 Å². The number of nitrogens with two attached hydrogens (primary N) is 1. The third-order valence-electron chi connectivity index (χ3n) is 3.53. The molecule has 1 atom stereocenters. The quantitative estimate of drug-likeness (QED) is 0.859. The molecule has 1 saturated carbocycles. The SMILES string of the molecule is CC(C1CC1)N(C)Cc1cccc(N)c1Br. The molecule has 2 rings (SSSR count). The highest BCUT2D eigenvalue weighted by Crippen LogP contribution is 2.35. The van der Waals surface area contributed by atoms with Gasteiger partial charge in [0.2, 0.25) is 0 Å². The maximum Gasteiger partial charge on any atom is 0.0461 e. The van der Waals surface area contributed by atoms with Crippen LogP contribution in [0.1, 0.15) is 25.3 Å². The predicted molar refractivity (Wildman–Crippen MR) is 72.2 cm³/mol. The van der Waals surface area contributed by atoms with Gasteiger partial charge in [0.05, 0.1) is 0 Å². The van der Waals surface area contributed by atoms with Gasteiger partial charge in [-0.1, -0.05) is 12.1 Å². The predicted octanol–water partition coefficient (Wildman–Crippen LogP) is 3.26. The van der Waals surface area contributed by atoms with Crippen LogP contribution in [0.4, 0.5) is 5.69 Å². The van der Waals surface area contributed by atoms with Gasteiger partial charge < -0.3 is 5.73 Å². The summed E-state index contributed by atoms with van der Waals surface area (Å²) in [5.41, 5.74) is 7.98. The van der Waals surface area contributed by atoms with Crippen molar-refractivity contribution in [1.29, 1.82) is 0 Å². The maximum atomic E-state index is 5.88. The molecule has 1 fully saturated rings. The second kappa shape index (κ2) is 4.76. The third kappa shape index (κ3) is 2.58. The summed E-state index contributed by atoms with van der Waals surface area (Å²) in [6, 6.07) is 6.76. The first-order valence-electron chi connectivity index (χ1n) is 5.82. The monoisotopic (exact) mass is 282 g/mol. The van der Waals surface area contributed by atoms with Gasteiger partial charge in [0.15, 0.2) is 0 Å². The highest BCUT2D eigenvalue weighted by atomic mass is 79.9. The Bertz CT molecular complexity index is 374. The summed E-state index contributed by atoms with van der Waals surface area (Å²) >= 11 is 3.56. The second-order valence-corrected chi connectivity index (χ2v) is 5.61. The zero-order valence-corrected chi connectivity index (χ0v) is 11.5. The van der Waals surface area contributed by atoms with Crippen molar-refractivity contribution in [3.8, 4) is 0 Å². The van der Waals surface area contributed by atoms with E-state index in [4.69, 9.17) is 5.73 Å². The molecular weight excluding hydrogens is 264 g/mol. The van der Waals surface area contributed by atoms with Crippen molar-refractivity contribution in [1.82, 2.24) is 4.90 Å². The normalized spacial score (nSPS) is 17.8. The largest absolute Gasteiger partial charge is 0.398 e. The van der Waals surface area contributed by atoms with Crippen molar-refractivity contribution in [3.63, 3.8) is 0 Å². The molecule has 16 heavy (non-hydrogen) atoms. The summed E-state index contributed by atoms with van der Waals surface area (Å²) < 4.78 is 1.05. The van der Waals surface area contributed by atoms with Crippen LogP contribution >= 0.6 is 15.9 Å². The van der Waals surface area contributed by atoms with Gasteiger partial charge in [0.1, 0.15) is 0 Å². The Labute approximate surface area is 106 Å². The van der Waals surface area contributed by atoms with Crippen LogP contribution in [0.25, 0.3) is 0 Å². The minimum atomic E-state index is 0.674. The Hall–Kier alpha value is -0.540. The lowest BCUT2D eigenvalue weighted by atomic mass is 10.1. The number of nitrogen functional groups attached to an aromatic ring is 1. The third-order valence-corrected chi connectivity index (χ3v) is 4.49. The fourth-order valence-corrected chi connectivity index (χ4v) is 2.46. The standard InChI is InChI=1S/C13H19BrN2/c1-9(10-6-7-10)16(2)8-11-4-3-5-12(15)13(11)14/h3-5,9-10H,6-8,15H2,1-2H3. The van der Waals surface area contributed by atoms with E-state index >= 15 is 0 Å². The van der Waals surface area contributed by atoms with Crippen LogP contribution in [-0.4, -0.2) is 18.0 Å². The van der Waals surface area contributed by atoms with Crippen LogP contribution in [0.15, 0.2) is 22.7 Å². The molecule has 88 valence electrons. The van der Waals surface area contributed by atoms with E-state index in [2.05, 4.69) is 40.9 Å². The molecular formula is C13H19BrN2. The summed E-state index contributed by atoms with van der Waals surface area (Å²) in [7, 11) is 2.19. The molecule has 1 unspecified atom stereocenters. The number of benzene rings is 1. The molecule has 0 bridgehead atoms. The first kappa shape index (κ1) is 11.9. The molecule has 1 aromatic carbocycles. The molecule has 0 radical (unpaired) electrons. The molecule has 1 aliphatic carbocycles. The van der Waals surface area contributed by atoms with Gasteiger partial charge in [-0.05, 0) is 60.3 Å². The number of anilines is 1. The molecule has 2 N–H and O–H groups in total. The van der Waals surface area contributed by atoms with Crippen LogP contribution < -0.4 is 5.73 Å². The van der Waals surface area contributed by atoms with Crippen LogP contribution in [-0.2, 0) is 6.54 Å². The Kier molecular flexibility index (Phi) is 3.55. The van der Waals surface area contributed by atoms with Crippen molar-refractivity contribution in [3.05, 3.63) is 28.2 Å². The fourth-order valence-electron chi connectivity index (χ4n) is 2.07. The average molecular weight is 283 g/mol. The summed E-state index contributed by atoms with van der Waals surface area (Å²) in [4.78, 5) is 2.41. The van der Waals surface area contributed by atoms with Gasteiger partial charge in [0.25, 0.3) is 0 Å². The van der Waals surface area contributed by atoms with Gasteiger partial charge in [-0.3, -0.25) is 4.90 Å². The van der Waals surface area contributed by atoms with Gasteiger partial charge in [-0.25, -0.2) is 0 Å². The van der Waals surface area contributed by atoms with Gasteiger partial charge in [-0.2, -0.15) is 0 Å². The lowest BCUT2D eigenvalue weighted by Gasteiger charge is -2.25. The van der Waals surface area contributed by atoms with Crippen LogP contribution in [0.3, 0.4) is 0 Å². The Morgan fingerprint density at radius 1 is 1.50 bits per heavy atom. The molecule has 0 heterocycles. The molecule has 1 aromatic rings. The van der Waals surface area contributed by atoms with Crippen molar-refractivity contribution >= 4 is 21.6 Å². The minimum absolute atomic E-state index is 0.674. The molecule has 1 aliphatic rings. The zero-order chi connectivity index (χ0) is 11.7. The summed E-state index contributed by atoms with van der Waals surface area (Å²) in [6.45, 7) is 3.28. The number of halogens is 1. The topological polar surface area (TPSA) is 29.3 Å². The number of hydrogen-bond donors (Lipinski definition) is 1. The minimum Gasteiger partial charge on any atom is -0.398 e. The highest BCUT2D eigenvalue weighted by molar-refractivity contribution is 9.10. The van der Waals surface area contributed by atoms with E-state index in [-0.39, 0.29) is 0 Å². The molecule has 0 spiro atoms. The van der Waals surface area contributed by atoms with Gasteiger partial charge in [-0.15, -0.1) is 0 Å². The van der Waals surface area contributed by atoms with E-state index < -0.39 is 0 Å². The second-order valence-electron chi connectivity index (χ2n) is 4.81. The molecule has 0 amide bonds. The summed E-state index contributed by atoms with van der Waals surface area (Å²) in [5.74, 6) is 0.907. The lowest BCUT2D eigenvalue weighted by molar-refractivity contribution is 0.226. The van der Waals surface area contributed by atoms with Crippen LogP contribution in [0.5, 0.6) is 0 Å². The maximum absolute atomic E-state index is 5.88. The molecule has 2 nitrogen and oxygen atoms in total. The molecule has 0 aromatic heterocycles. The van der Waals surface area contributed by atoms with E-state index in [1.807, 2.05) is 12.1 Å². The first-order chi connectivity index (χ1) is 7.59. The molecule has 0 saturated heterocycles. The van der Waals surface area contributed by atoms with Crippen molar-refractivity contribution in [2.75, 3.05) is 12.8 Å². The smallest absolute Gasteiger partial charge is 0.0461 e. The zero-order valence-electron chi connectivity index (χ0n) is 9.91. The van der Waals surface area contributed by atoms with E-state index in [1.165, 1.54) is 18.4 Å². The van der Waals surface area contributed by atoms with E-state index in [9.17, 15) is 0 Å². The van der Waals surface area contributed by atoms with Crippen molar-refractivity contribution < 1.29 is 0 Å². The average Bonchev–Trinajstić information content (AvgIpc) is 3.07. The Balaban J connectivity index is 2.05. The van der Waals surface area contributed by atoms with Crippen molar-refractivity contribution in [2.45, 2.75) is 32.4 Å². The summed E-state index contributed by atoms with van der Waals surface area (Å²) in [5, 5.41) is 0. The Morgan fingerprint density at radius 2 is 2.19 bits per heavy atom. The van der Waals surface area contributed by atoms with Gasteiger partial charge >= 0.3 is 0 Å². The molecule has 0 aliphatic heterocycles. The van der Waals surface area contributed by atoms with E-state index in [1.54, 1.807) is 0 Å². The number of nitrogens with zero attached hydrogens (tertiary/aromatic N) is 1. The van der Waals surface area contributed by atoms with Crippen LogP contribution in [0, 0.1) is 5.92 Å². The van der Waals surface area contributed by atoms with Gasteiger partial charge in [0, 0.05) is 22.7 Å². The lowest BCUT2D eigenvalue weighted by Crippen LogP contribution is -2.30. The van der Waals surface area contributed by atoms with Crippen LogP contribution in [0.2, 0.25) is 0 Å².